The Morgan fingerprint density at radius 1 is 1.38 bits per heavy atom. The molecule has 0 saturated heterocycles. The Labute approximate surface area is 82.6 Å². The molecule has 2 aliphatic rings. The summed E-state index contributed by atoms with van der Waals surface area (Å²) >= 11 is 4.88. The van der Waals surface area contributed by atoms with Crippen molar-refractivity contribution in [3.8, 4) is 0 Å². The zero-order chi connectivity index (χ0) is 9.26. The smallest absolute Gasteiger partial charge is 0.234 e. The molecule has 0 spiro atoms. The van der Waals surface area contributed by atoms with Crippen molar-refractivity contribution in [1.29, 1.82) is 0 Å². The maximum absolute atomic E-state index is 11.5. The fourth-order valence-electron chi connectivity index (χ4n) is 1.94. The summed E-state index contributed by atoms with van der Waals surface area (Å²) in [6, 6.07) is 0. The molecule has 1 aliphatic heterocycles. The molecule has 2 rings (SSSR count). The third kappa shape index (κ3) is 1.77. The molecule has 3 nitrogen and oxygen atoms in total. The van der Waals surface area contributed by atoms with Gasteiger partial charge < -0.3 is 5.32 Å². The van der Waals surface area contributed by atoms with E-state index in [1.54, 1.807) is 0 Å². The van der Waals surface area contributed by atoms with Gasteiger partial charge in [-0.1, -0.05) is 12.8 Å². The van der Waals surface area contributed by atoms with E-state index in [0.29, 0.717) is 5.11 Å². The Hall–Kier alpha value is -0.770. The van der Waals surface area contributed by atoms with E-state index in [-0.39, 0.29) is 11.8 Å². The molecule has 13 heavy (non-hydrogen) atoms. The Morgan fingerprint density at radius 3 is 3.08 bits per heavy atom. The fourth-order valence-corrected chi connectivity index (χ4v) is 2.16. The molecule has 0 aromatic rings. The number of amides is 1. The van der Waals surface area contributed by atoms with E-state index >= 15 is 0 Å². The van der Waals surface area contributed by atoms with Gasteiger partial charge in [0.05, 0.1) is 5.92 Å². The predicted molar refractivity (Wildman–Crippen MR) is 54.8 cm³/mol. The topological polar surface area (TPSA) is 41.5 Å². The van der Waals surface area contributed by atoms with E-state index < -0.39 is 0 Å². The summed E-state index contributed by atoms with van der Waals surface area (Å²) in [6.45, 7) is 0. The average molecular weight is 196 g/mol. The van der Waals surface area contributed by atoms with Crippen molar-refractivity contribution in [3.05, 3.63) is 0 Å². The number of fused-ring (bicyclic) bond motifs is 1. The summed E-state index contributed by atoms with van der Waals surface area (Å²) in [5, 5.41) is 2.96. The highest BCUT2D eigenvalue weighted by Crippen LogP contribution is 2.23. The summed E-state index contributed by atoms with van der Waals surface area (Å²) in [6.07, 6.45) is 5.36. The first-order valence-corrected chi connectivity index (χ1v) is 5.10. The van der Waals surface area contributed by atoms with Gasteiger partial charge in [0, 0.05) is 5.71 Å². The van der Waals surface area contributed by atoms with Crippen LogP contribution in [0.3, 0.4) is 0 Å². The minimum Gasteiger partial charge on any atom is -0.301 e. The SMILES string of the molecule is O=C1NC(=S)N=C2CCCCCC12. The van der Waals surface area contributed by atoms with E-state index in [9.17, 15) is 4.79 Å². The second kappa shape index (κ2) is 3.54. The Morgan fingerprint density at radius 2 is 2.23 bits per heavy atom. The highest BCUT2D eigenvalue weighted by atomic mass is 32.1. The predicted octanol–water partition coefficient (Wildman–Crippen LogP) is 1.42. The van der Waals surface area contributed by atoms with Crippen molar-refractivity contribution in [2.24, 2.45) is 10.9 Å². The van der Waals surface area contributed by atoms with Crippen LogP contribution in [-0.2, 0) is 4.79 Å². The van der Waals surface area contributed by atoms with Gasteiger partial charge in [-0.2, -0.15) is 0 Å². The van der Waals surface area contributed by atoms with Crippen LogP contribution >= 0.6 is 12.2 Å². The summed E-state index contributed by atoms with van der Waals surface area (Å²) < 4.78 is 0. The summed E-state index contributed by atoms with van der Waals surface area (Å²) in [4.78, 5) is 15.7. The van der Waals surface area contributed by atoms with E-state index in [2.05, 4.69) is 10.3 Å². The number of nitrogens with one attached hydrogen (secondary N) is 1. The summed E-state index contributed by atoms with van der Waals surface area (Å²) in [7, 11) is 0. The zero-order valence-corrected chi connectivity index (χ0v) is 8.19. The van der Waals surface area contributed by atoms with Crippen LogP contribution < -0.4 is 5.32 Å². The largest absolute Gasteiger partial charge is 0.301 e. The number of carbonyl (C=O) groups excluding carboxylic acids is 1. The molecule has 1 saturated carbocycles. The standard InChI is InChI=1S/C9H12N2OS/c12-8-6-4-2-1-3-5-7(6)10-9(13)11-8/h6H,1-5H2,(H,11,12,13). The number of carbonyl (C=O) groups is 1. The van der Waals surface area contributed by atoms with Gasteiger partial charge >= 0.3 is 0 Å². The molecule has 0 aromatic heterocycles. The van der Waals surface area contributed by atoms with Gasteiger partial charge in [0.1, 0.15) is 0 Å². The molecule has 1 fully saturated rings. The highest BCUT2D eigenvalue weighted by molar-refractivity contribution is 7.80. The average Bonchev–Trinajstić information content (AvgIpc) is 2.28. The van der Waals surface area contributed by atoms with Gasteiger partial charge in [-0.15, -0.1) is 0 Å². The van der Waals surface area contributed by atoms with Crippen LogP contribution in [0.2, 0.25) is 0 Å². The molecular formula is C9H12N2OS. The lowest BCUT2D eigenvalue weighted by Gasteiger charge is -2.20. The molecule has 1 atom stereocenters. The first-order chi connectivity index (χ1) is 6.27. The first kappa shape index (κ1) is 8.81. The summed E-state index contributed by atoms with van der Waals surface area (Å²) in [5.41, 5.74) is 1.01. The molecule has 1 amide bonds. The molecule has 0 aromatic carbocycles. The lowest BCUT2D eigenvalue weighted by Crippen LogP contribution is -2.42. The van der Waals surface area contributed by atoms with Crippen LogP contribution in [0.5, 0.6) is 0 Å². The third-order valence-corrected chi connectivity index (χ3v) is 2.81. The minimum atomic E-state index is 0.00852. The molecule has 1 unspecified atom stereocenters. The number of rotatable bonds is 0. The van der Waals surface area contributed by atoms with Gasteiger partial charge in [-0.3, -0.25) is 4.79 Å². The van der Waals surface area contributed by atoms with E-state index in [1.165, 1.54) is 6.42 Å². The second-order valence-electron chi connectivity index (χ2n) is 3.55. The van der Waals surface area contributed by atoms with Gasteiger partial charge in [0.25, 0.3) is 0 Å². The second-order valence-corrected chi connectivity index (χ2v) is 3.94. The normalized spacial score (nSPS) is 28.6. The summed E-state index contributed by atoms with van der Waals surface area (Å²) in [5.74, 6) is 0.0612. The lowest BCUT2D eigenvalue weighted by atomic mass is 9.96. The van der Waals surface area contributed by atoms with Crippen LogP contribution in [0.4, 0.5) is 0 Å². The lowest BCUT2D eigenvalue weighted by molar-refractivity contribution is -0.121. The zero-order valence-electron chi connectivity index (χ0n) is 7.38. The van der Waals surface area contributed by atoms with Gasteiger partial charge in [0.15, 0.2) is 5.11 Å². The highest BCUT2D eigenvalue weighted by Gasteiger charge is 2.29. The molecular weight excluding hydrogens is 184 g/mol. The maximum Gasteiger partial charge on any atom is 0.234 e. The van der Waals surface area contributed by atoms with E-state index in [4.69, 9.17) is 12.2 Å². The van der Waals surface area contributed by atoms with Crippen molar-refractivity contribution in [2.75, 3.05) is 0 Å². The number of thiocarbonyl (C=S) groups is 1. The quantitative estimate of drug-likeness (QED) is 0.595. The van der Waals surface area contributed by atoms with E-state index in [1.807, 2.05) is 0 Å². The van der Waals surface area contributed by atoms with Crippen molar-refractivity contribution < 1.29 is 4.79 Å². The Bertz CT molecular complexity index is 285. The fraction of sp³-hybridized carbons (Fsp3) is 0.667. The van der Waals surface area contributed by atoms with Crippen LogP contribution in [0.1, 0.15) is 32.1 Å². The minimum absolute atomic E-state index is 0.00852. The maximum atomic E-state index is 11.5. The van der Waals surface area contributed by atoms with Gasteiger partial charge in [-0.25, -0.2) is 4.99 Å². The third-order valence-electron chi connectivity index (χ3n) is 2.62. The van der Waals surface area contributed by atoms with Crippen molar-refractivity contribution in [2.45, 2.75) is 32.1 Å². The number of hydrogen-bond acceptors (Lipinski definition) is 2. The van der Waals surface area contributed by atoms with Crippen LogP contribution in [0, 0.1) is 5.92 Å². The van der Waals surface area contributed by atoms with Crippen molar-refractivity contribution in [3.63, 3.8) is 0 Å². The first-order valence-electron chi connectivity index (χ1n) is 4.69. The molecule has 0 radical (unpaired) electrons. The van der Waals surface area contributed by atoms with Crippen LogP contribution in [-0.4, -0.2) is 16.7 Å². The number of aliphatic imine (C=N–C) groups is 1. The molecule has 4 heteroatoms. The molecule has 1 heterocycles. The molecule has 0 bridgehead atoms. The Balaban J connectivity index is 2.26. The molecule has 1 aliphatic carbocycles. The van der Waals surface area contributed by atoms with Gasteiger partial charge in [0.2, 0.25) is 5.91 Å². The van der Waals surface area contributed by atoms with Crippen LogP contribution in [0.15, 0.2) is 4.99 Å². The van der Waals surface area contributed by atoms with Crippen molar-refractivity contribution >= 4 is 28.9 Å². The number of hydrogen-bond donors (Lipinski definition) is 1. The molecule has 70 valence electrons. The van der Waals surface area contributed by atoms with Crippen molar-refractivity contribution in [1.82, 2.24) is 5.32 Å². The Kier molecular flexibility index (Phi) is 2.40. The molecule has 1 N–H and O–H groups in total. The monoisotopic (exact) mass is 196 g/mol. The number of nitrogens with zero attached hydrogens (tertiary/aromatic N) is 1. The van der Waals surface area contributed by atoms with Gasteiger partial charge in [-0.05, 0) is 31.5 Å². The van der Waals surface area contributed by atoms with Crippen LogP contribution in [0.25, 0.3) is 0 Å². The van der Waals surface area contributed by atoms with E-state index in [0.717, 1.165) is 31.4 Å².